The van der Waals surface area contributed by atoms with Crippen LogP contribution in [0.1, 0.15) is 60.4 Å². The van der Waals surface area contributed by atoms with E-state index in [1.165, 1.54) is 11.8 Å². The van der Waals surface area contributed by atoms with E-state index in [2.05, 4.69) is 0 Å². The quantitative estimate of drug-likeness (QED) is 0.0829. The highest BCUT2D eigenvalue weighted by molar-refractivity contribution is 7.99. The number of phenolic OH excluding ortho intramolecular Hbond substituents is 4. The third-order valence-electron chi connectivity index (χ3n) is 9.10. The van der Waals surface area contributed by atoms with Gasteiger partial charge >= 0.3 is 0 Å². The summed E-state index contributed by atoms with van der Waals surface area (Å²) in [5.74, 6) is -1.00. The Morgan fingerprint density at radius 2 is 0.885 bits per heavy atom. The van der Waals surface area contributed by atoms with Crippen LogP contribution in [-0.4, -0.2) is 64.2 Å². The van der Waals surface area contributed by atoms with E-state index >= 15 is 0 Å². The summed E-state index contributed by atoms with van der Waals surface area (Å²) in [7, 11) is -9.56. The van der Waals surface area contributed by atoms with Crippen LogP contribution in [0.5, 0.6) is 23.0 Å². The van der Waals surface area contributed by atoms with Gasteiger partial charge in [-0.2, -0.15) is 28.6 Å². The summed E-state index contributed by atoms with van der Waals surface area (Å²) < 4.78 is 69.9. The first-order chi connectivity index (χ1) is 24.4. The normalized spacial score (nSPS) is 13.2. The van der Waals surface area contributed by atoms with Crippen molar-refractivity contribution in [1.82, 2.24) is 0 Å². The van der Waals surface area contributed by atoms with Crippen molar-refractivity contribution in [2.24, 2.45) is 0 Å². The van der Waals surface area contributed by atoms with Gasteiger partial charge in [-0.3, -0.25) is 13.9 Å². The molecule has 8 bridgehead atoms. The molecule has 14 heteroatoms. The van der Waals surface area contributed by atoms with Crippen LogP contribution < -0.4 is 0 Å². The molecule has 5 aromatic rings. The van der Waals surface area contributed by atoms with Crippen molar-refractivity contribution in [3.63, 3.8) is 0 Å². The maximum atomic E-state index is 12.5. The van der Waals surface area contributed by atoms with Gasteiger partial charge in [0.25, 0.3) is 20.2 Å². The van der Waals surface area contributed by atoms with Crippen LogP contribution in [-0.2, 0) is 45.9 Å². The van der Waals surface area contributed by atoms with Crippen LogP contribution in [0.4, 0.5) is 0 Å². The van der Waals surface area contributed by atoms with Crippen LogP contribution >= 0.6 is 11.8 Å². The molecule has 0 amide bonds. The molecule has 5 aromatic carbocycles. The molecule has 52 heavy (non-hydrogen) atoms. The van der Waals surface area contributed by atoms with Crippen molar-refractivity contribution >= 4 is 37.8 Å². The summed E-state index contributed by atoms with van der Waals surface area (Å²) in [4.78, 5) is 11.5. The predicted octanol–water partition coefficient (Wildman–Crippen LogP) is 6.20. The number of hydrogen-bond donors (Lipinski definition) is 6. The molecular formula is C38H34O11S3. The highest BCUT2D eigenvalue weighted by atomic mass is 32.2. The summed E-state index contributed by atoms with van der Waals surface area (Å²) in [6.45, 7) is 1.73. The highest BCUT2D eigenvalue weighted by Crippen LogP contribution is 2.41. The SMILES string of the molecule is CSCC(=O)c1ccc(-c2cc3c(O)c(c2)Cc2cc(S(=O)(=O)O)cc(c2O)Cc2cc(C)cc(c2O)Cc2cc(S(=O)(=O)O)cc(c2O)C3)cc1. The lowest BCUT2D eigenvalue weighted by molar-refractivity contribution is 0.102. The van der Waals surface area contributed by atoms with Gasteiger partial charge in [-0.05, 0) is 83.0 Å². The molecule has 0 fully saturated rings. The van der Waals surface area contributed by atoms with Gasteiger partial charge in [-0.25, -0.2) is 0 Å². The fourth-order valence-corrected chi connectivity index (χ4v) is 8.17. The monoisotopic (exact) mass is 762 g/mol. The zero-order chi connectivity index (χ0) is 37.7. The standard InChI is InChI=1S/C38H34O11S3/c1-20-7-24-11-28-15-32(51(44,45)46)17-30(37(28)42)13-26-9-23(21-3-5-22(6-4-21)34(39)19-50-2)10-27(36(26)41)14-31-18-33(52(47,48)49)16-29(38(31)43)12-25(8-20)35(24)40/h3-10,15-18,40-43H,11-14,19H2,1-2H3,(H,44,45,46)(H,47,48,49). The van der Waals surface area contributed by atoms with Gasteiger partial charge in [0.15, 0.2) is 5.78 Å². The van der Waals surface area contributed by atoms with Crippen molar-refractivity contribution in [3.8, 4) is 34.1 Å². The number of rotatable bonds is 6. The van der Waals surface area contributed by atoms with Crippen LogP contribution in [0.2, 0.25) is 0 Å². The fraction of sp³-hybridized carbons (Fsp3) is 0.184. The van der Waals surface area contributed by atoms with Crippen LogP contribution in [0.15, 0.2) is 82.6 Å². The average molecular weight is 763 g/mol. The Labute approximate surface area is 304 Å². The number of benzene rings is 5. The lowest BCUT2D eigenvalue weighted by Crippen LogP contribution is -2.06. The van der Waals surface area contributed by atoms with Crippen molar-refractivity contribution < 1.29 is 51.2 Å². The molecule has 11 nitrogen and oxygen atoms in total. The predicted molar refractivity (Wildman–Crippen MR) is 196 cm³/mol. The largest absolute Gasteiger partial charge is 0.507 e. The van der Waals surface area contributed by atoms with Gasteiger partial charge in [-0.15, -0.1) is 0 Å². The number of fused-ring (bicyclic) bond motifs is 8. The van der Waals surface area contributed by atoms with Crippen LogP contribution in [0.25, 0.3) is 11.1 Å². The van der Waals surface area contributed by atoms with Gasteiger partial charge < -0.3 is 20.4 Å². The number of hydrogen-bond acceptors (Lipinski definition) is 10. The minimum Gasteiger partial charge on any atom is -0.507 e. The Morgan fingerprint density at radius 3 is 1.21 bits per heavy atom. The zero-order valence-corrected chi connectivity index (χ0v) is 30.4. The lowest BCUT2D eigenvalue weighted by atomic mass is 9.89. The first kappa shape index (κ1) is 36.9. The summed E-state index contributed by atoms with van der Waals surface area (Å²) in [5.41, 5.74) is 3.34. The third-order valence-corrected chi connectivity index (χ3v) is 11.3. The molecule has 6 N–H and O–H groups in total. The third kappa shape index (κ3) is 7.52. The minimum absolute atomic E-state index is 0.0273. The van der Waals surface area contributed by atoms with Crippen molar-refractivity contribution in [1.29, 1.82) is 0 Å². The summed E-state index contributed by atoms with van der Waals surface area (Å²) in [6, 6.07) is 17.5. The van der Waals surface area contributed by atoms with E-state index in [0.717, 1.165) is 24.3 Å². The summed E-state index contributed by atoms with van der Waals surface area (Å²) in [6.07, 6.45) is 0.894. The molecule has 0 saturated heterocycles. The number of phenols is 4. The summed E-state index contributed by atoms with van der Waals surface area (Å²) >= 11 is 1.39. The molecule has 1 aliphatic rings. The van der Waals surface area contributed by atoms with E-state index in [1.807, 2.05) is 6.26 Å². The van der Waals surface area contributed by atoms with Gasteiger partial charge in [0.2, 0.25) is 0 Å². The van der Waals surface area contributed by atoms with E-state index in [-0.39, 0.29) is 99.0 Å². The molecule has 0 unspecified atom stereocenters. The van der Waals surface area contributed by atoms with E-state index < -0.39 is 30.0 Å². The van der Waals surface area contributed by atoms with E-state index in [0.29, 0.717) is 28.0 Å². The number of carbonyl (C=O) groups is 1. The molecule has 0 aliphatic heterocycles. The Morgan fingerprint density at radius 1 is 0.558 bits per heavy atom. The van der Waals surface area contributed by atoms with Crippen LogP contribution in [0.3, 0.4) is 0 Å². The maximum Gasteiger partial charge on any atom is 0.294 e. The minimum atomic E-state index is -4.78. The Bertz CT molecular complexity index is 2350. The first-order valence-corrected chi connectivity index (χ1v) is 20.1. The molecule has 0 saturated carbocycles. The average Bonchev–Trinajstić information content (AvgIpc) is 3.07. The second-order valence-electron chi connectivity index (χ2n) is 12.8. The zero-order valence-electron chi connectivity index (χ0n) is 27.9. The molecular weight excluding hydrogens is 729 g/mol. The van der Waals surface area contributed by atoms with Crippen molar-refractivity contribution in [2.45, 2.75) is 42.4 Å². The fourth-order valence-electron chi connectivity index (χ4n) is 6.58. The number of aromatic hydroxyl groups is 4. The second-order valence-corrected chi connectivity index (χ2v) is 16.6. The molecule has 0 atom stereocenters. The Balaban J connectivity index is 1.64. The Kier molecular flexibility index (Phi) is 9.89. The van der Waals surface area contributed by atoms with E-state index in [1.54, 1.807) is 55.5 Å². The van der Waals surface area contributed by atoms with Crippen molar-refractivity contribution in [3.05, 3.63) is 128 Å². The number of Topliss-reactive ketones (excluding diaryl/α,β-unsaturated/α-hetero) is 1. The van der Waals surface area contributed by atoms with Gasteiger partial charge in [0.05, 0.1) is 15.5 Å². The van der Waals surface area contributed by atoms with E-state index in [4.69, 9.17) is 0 Å². The topological polar surface area (TPSA) is 207 Å². The second kappa shape index (κ2) is 13.9. The molecule has 0 spiro atoms. The number of aryl methyl sites for hydroxylation is 1. The molecule has 0 heterocycles. The lowest BCUT2D eigenvalue weighted by Gasteiger charge is -2.19. The van der Waals surface area contributed by atoms with Gasteiger partial charge in [-0.1, -0.05) is 42.0 Å². The molecule has 0 aromatic heterocycles. The maximum absolute atomic E-state index is 12.5. The van der Waals surface area contributed by atoms with E-state index in [9.17, 15) is 51.2 Å². The molecule has 1 aliphatic carbocycles. The number of ketones is 1. The Hall–Kier alpha value is -4.86. The number of carbonyl (C=O) groups excluding carboxylic acids is 1. The van der Waals surface area contributed by atoms with Gasteiger partial charge in [0, 0.05) is 53.5 Å². The van der Waals surface area contributed by atoms with Crippen molar-refractivity contribution in [2.75, 3.05) is 12.0 Å². The van der Waals surface area contributed by atoms with Crippen LogP contribution in [0, 0.1) is 6.92 Å². The number of thioether (sulfide) groups is 1. The molecule has 6 rings (SSSR count). The molecule has 0 radical (unpaired) electrons. The molecule has 270 valence electrons. The highest BCUT2D eigenvalue weighted by Gasteiger charge is 2.25. The van der Waals surface area contributed by atoms with Gasteiger partial charge in [0.1, 0.15) is 23.0 Å². The first-order valence-electron chi connectivity index (χ1n) is 15.9. The summed E-state index contributed by atoms with van der Waals surface area (Å²) in [5, 5.41) is 46.2. The smallest absolute Gasteiger partial charge is 0.294 e.